The molecule has 0 aliphatic rings. The van der Waals surface area contributed by atoms with Crippen molar-refractivity contribution >= 4 is 33.3 Å². The number of nitrogen functional groups attached to an aromatic ring is 1. The summed E-state index contributed by atoms with van der Waals surface area (Å²) >= 11 is 5.66. The number of aryl methyl sites for hydroxylation is 1. The SMILES string of the molecule is Cn1cnc(N)c1S(=O)(=O)Nc1ccc(Cl)cn1. The summed E-state index contributed by atoms with van der Waals surface area (Å²) in [6, 6.07) is 2.98. The number of nitrogens with zero attached hydrogens (tertiary/aromatic N) is 3. The molecule has 9 heteroatoms. The van der Waals surface area contributed by atoms with Crippen LogP contribution >= 0.6 is 11.6 Å². The van der Waals surface area contributed by atoms with Crippen LogP contribution < -0.4 is 10.5 Å². The van der Waals surface area contributed by atoms with Crippen LogP contribution in [0.1, 0.15) is 0 Å². The predicted molar refractivity (Wildman–Crippen MR) is 67.7 cm³/mol. The Morgan fingerprint density at radius 1 is 1.39 bits per heavy atom. The van der Waals surface area contributed by atoms with E-state index in [4.69, 9.17) is 17.3 Å². The second-order valence-electron chi connectivity index (χ2n) is 3.51. The molecule has 0 aliphatic carbocycles. The first-order valence-electron chi connectivity index (χ1n) is 4.81. The van der Waals surface area contributed by atoms with E-state index in [1.165, 1.54) is 36.3 Å². The summed E-state index contributed by atoms with van der Waals surface area (Å²) < 4.78 is 27.7. The minimum Gasteiger partial charge on any atom is -0.381 e. The maximum atomic E-state index is 12.1. The van der Waals surface area contributed by atoms with Gasteiger partial charge in [0.05, 0.1) is 11.3 Å². The van der Waals surface area contributed by atoms with Gasteiger partial charge in [0.1, 0.15) is 5.82 Å². The Hall–Kier alpha value is -1.80. The number of hydrogen-bond acceptors (Lipinski definition) is 5. The summed E-state index contributed by atoms with van der Waals surface area (Å²) in [6.07, 6.45) is 2.66. The zero-order valence-electron chi connectivity index (χ0n) is 9.33. The maximum Gasteiger partial charge on any atom is 0.282 e. The number of nitrogens with one attached hydrogen (secondary N) is 1. The molecule has 2 aromatic heterocycles. The Morgan fingerprint density at radius 3 is 2.61 bits per heavy atom. The Kier molecular flexibility index (Phi) is 3.14. The molecule has 0 aromatic carbocycles. The van der Waals surface area contributed by atoms with Crippen LogP contribution in [0, 0.1) is 0 Å². The van der Waals surface area contributed by atoms with Gasteiger partial charge in [0.15, 0.2) is 10.8 Å². The van der Waals surface area contributed by atoms with E-state index in [9.17, 15) is 8.42 Å². The highest BCUT2D eigenvalue weighted by molar-refractivity contribution is 7.92. The molecule has 0 bridgehead atoms. The summed E-state index contributed by atoms with van der Waals surface area (Å²) in [7, 11) is -2.29. The van der Waals surface area contributed by atoms with Gasteiger partial charge in [-0.05, 0) is 12.1 Å². The van der Waals surface area contributed by atoms with Gasteiger partial charge in [0, 0.05) is 13.2 Å². The zero-order valence-corrected chi connectivity index (χ0v) is 10.9. The van der Waals surface area contributed by atoms with Gasteiger partial charge in [0.25, 0.3) is 10.0 Å². The van der Waals surface area contributed by atoms with Crippen LogP contribution in [0.5, 0.6) is 0 Å². The summed E-state index contributed by atoms with van der Waals surface area (Å²) in [5.41, 5.74) is 5.51. The highest BCUT2D eigenvalue weighted by Crippen LogP contribution is 2.19. The average molecular weight is 288 g/mol. The van der Waals surface area contributed by atoms with Crippen molar-refractivity contribution in [2.45, 2.75) is 5.03 Å². The van der Waals surface area contributed by atoms with Crippen molar-refractivity contribution in [2.75, 3.05) is 10.5 Å². The minimum absolute atomic E-state index is 0.0704. The third kappa shape index (κ3) is 2.39. The quantitative estimate of drug-likeness (QED) is 0.871. The summed E-state index contributed by atoms with van der Waals surface area (Å²) in [5.74, 6) is 0.0824. The van der Waals surface area contributed by atoms with Crippen LogP contribution in [-0.2, 0) is 17.1 Å². The molecule has 0 unspecified atom stereocenters. The second-order valence-corrected chi connectivity index (χ2v) is 5.55. The molecule has 0 saturated heterocycles. The minimum atomic E-state index is -3.82. The van der Waals surface area contributed by atoms with Crippen LogP contribution in [0.15, 0.2) is 29.7 Å². The van der Waals surface area contributed by atoms with Gasteiger partial charge >= 0.3 is 0 Å². The van der Waals surface area contributed by atoms with E-state index in [-0.39, 0.29) is 16.7 Å². The number of imidazole rings is 1. The Bertz CT molecular complexity index is 645. The van der Waals surface area contributed by atoms with E-state index >= 15 is 0 Å². The van der Waals surface area contributed by atoms with Crippen molar-refractivity contribution in [1.82, 2.24) is 14.5 Å². The number of halogens is 1. The number of pyridine rings is 1. The van der Waals surface area contributed by atoms with Crippen LogP contribution in [0.2, 0.25) is 5.02 Å². The van der Waals surface area contributed by atoms with E-state index in [1.807, 2.05) is 0 Å². The predicted octanol–water partition coefficient (Wildman–Crippen LogP) is 0.851. The number of hydrogen-bond donors (Lipinski definition) is 2. The van der Waals surface area contributed by atoms with Crippen molar-refractivity contribution < 1.29 is 8.42 Å². The molecule has 2 aromatic rings. The third-order valence-corrected chi connectivity index (χ3v) is 3.84. The smallest absolute Gasteiger partial charge is 0.282 e. The molecule has 0 fully saturated rings. The molecule has 2 heterocycles. The second kappa shape index (κ2) is 4.46. The van der Waals surface area contributed by atoms with E-state index in [0.29, 0.717) is 5.02 Å². The number of sulfonamides is 1. The van der Waals surface area contributed by atoms with E-state index in [2.05, 4.69) is 14.7 Å². The maximum absolute atomic E-state index is 12.1. The standard InChI is InChI=1S/C9H10ClN5O2S/c1-15-5-13-8(11)9(15)18(16,17)14-7-3-2-6(10)4-12-7/h2-5H,11H2,1H3,(H,12,14). The lowest BCUT2D eigenvalue weighted by Gasteiger charge is -2.08. The Balaban J connectivity index is 2.36. The Labute approximate surface area is 109 Å². The van der Waals surface area contributed by atoms with Gasteiger partial charge in [-0.25, -0.2) is 9.97 Å². The van der Waals surface area contributed by atoms with Crippen LogP contribution in [-0.4, -0.2) is 23.0 Å². The fourth-order valence-electron chi connectivity index (χ4n) is 1.39. The first kappa shape index (κ1) is 12.7. The van der Waals surface area contributed by atoms with Gasteiger partial charge in [-0.1, -0.05) is 11.6 Å². The molecule has 0 amide bonds. The fraction of sp³-hybridized carbons (Fsp3) is 0.111. The number of anilines is 2. The van der Waals surface area contributed by atoms with Crippen molar-refractivity contribution in [2.24, 2.45) is 7.05 Å². The number of aromatic nitrogens is 3. The zero-order chi connectivity index (χ0) is 13.3. The first-order valence-corrected chi connectivity index (χ1v) is 6.67. The van der Waals surface area contributed by atoms with Crippen molar-refractivity contribution in [3.05, 3.63) is 29.7 Å². The van der Waals surface area contributed by atoms with Gasteiger partial charge in [0.2, 0.25) is 0 Å². The fourth-order valence-corrected chi connectivity index (χ4v) is 2.75. The van der Waals surface area contributed by atoms with E-state index in [0.717, 1.165) is 0 Å². The first-order chi connectivity index (χ1) is 8.40. The molecule has 2 rings (SSSR count). The molecule has 18 heavy (non-hydrogen) atoms. The molecule has 0 atom stereocenters. The molecule has 0 saturated carbocycles. The van der Waals surface area contributed by atoms with Gasteiger partial charge in [-0.3, -0.25) is 4.72 Å². The summed E-state index contributed by atoms with van der Waals surface area (Å²) in [5, 5.41) is 0.303. The van der Waals surface area contributed by atoms with Crippen LogP contribution in [0.4, 0.5) is 11.6 Å². The molecule has 3 N–H and O–H groups in total. The largest absolute Gasteiger partial charge is 0.381 e. The molecular formula is C9H10ClN5O2S. The topological polar surface area (TPSA) is 103 Å². The van der Waals surface area contributed by atoms with Gasteiger partial charge in [-0.2, -0.15) is 8.42 Å². The molecule has 0 aliphatic heterocycles. The molecule has 7 nitrogen and oxygen atoms in total. The van der Waals surface area contributed by atoms with Gasteiger partial charge in [-0.15, -0.1) is 0 Å². The number of rotatable bonds is 3. The van der Waals surface area contributed by atoms with Crippen LogP contribution in [0.3, 0.4) is 0 Å². The monoisotopic (exact) mass is 287 g/mol. The molecular weight excluding hydrogens is 278 g/mol. The van der Waals surface area contributed by atoms with E-state index < -0.39 is 10.0 Å². The third-order valence-electron chi connectivity index (χ3n) is 2.13. The van der Waals surface area contributed by atoms with Gasteiger partial charge < -0.3 is 10.3 Å². The summed E-state index contributed by atoms with van der Waals surface area (Å²) in [4.78, 5) is 7.56. The lowest BCUT2D eigenvalue weighted by molar-refractivity contribution is 0.591. The molecule has 96 valence electrons. The summed E-state index contributed by atoms with van der Waals surface area (Å²) in [6.45, 7) is 0. The highest BCUT2D eigenvalue weighted by Gasteiger charge is 2.22. The average Bonchev–Trinajstić information content (AvgIpc) is 2.62. The lowest BCUT2D eigenvalue weighted by atomic mass is 10.5. The van der Waals surface area contributed by atoms with Crippen molar-refractivity contribution in [3.63, 3.8) is 0 Å². The van der Waals surface area contributed by atoms with Crippen LogP contribution in [0.25, 0.3) is 0 Å². The lowest BCUT2D eigenvalue weighted by Crippen LogP contribution is -2.18. The Morgan fingerprint density at radius 2 is 2.11 bits per heavy atom. The van der Waals surface area contributed by atoms with Crippen molar-refractivity contribution in [1.29, 1.82) is 0 Å². The molecule has 0 radical (unpaired) electrons. The molecule has 0 spiro atoms. The van der Waals surface area contributed by atoms with E-state index in [1.54, 1.807) is 0 Å². The highest BCUT2D eigenvalue weighted by atomic mass is 35.5. The van der Waals surface area contributed by atoms with Crippen molar-refractivity contribution in [3.8, 4) is 0 Å². The normalized spacial score (nSPS) is 11.4. The number of nitrogens with two attached hydrogens (primary N) is 1.